The molecular weight excluding hydrogens is 392 g/mol. The molecule has 0 aromatic carbocycles. The van der Waals surface area contributed by atoms with Gasteiger partial charge in [0.2, 0.25) is 0 Å². The molecule has 1 rings (SSSR count). The summed E-state index contributed by atoms with van der Waals surface area (Å²) in [5.74, 6) is -0.179. The molecule has 0 radical (unpaired) electrons. The zero-order chi connectivity index (χ0) is 22.5. The molecule has 0 heterocycles. The molecule has 0 amide bonds. The van der Waals surface area contributed by atoms with E-state index < -0.39 is 24.1 Å². The van der Waals surface area contributed by atoms with Crippen molar-refractivity contribution in [3.8, 4) is 0 Å². The van der Waals surface area contributed by atoms with Crippen LogP contribution in [0.1, 0.15) is 39.5 Å². The lowest BCUT2D eigenvalue weighted by molar-refractivity contribution is -0.144. The summed E-state index contributed by atoms with van der Waals surface area (Å²) in [6.07, 6.45) is 2.33. The van der Waals surface area contributed by atoms with Crippen LogP contribution in [0.2, 0.25) is 0 Å². The van der Waals surface area contributed by atoms with Crippen molar-refractivity contribution in [2.75, 3.05) is 39.6 Å². The molecule has 0 bridgehead atoms. The average molecular weight is 429 g/mol. The number of rotatable bonds is 14. The molecule has 1 saturated carbocycles. The van der Waals surface area contributed by atoms with Crippen LogP contribution in [0.5, 0.6) is 0 Å². The number of aliphatic hydroxyl groups excluding tert-OH is 2. The third kappa shape index (κ3) is 11.4. The Morgan fingerprint density at radius 2 is 1.10 bits per heavy atom. The first kappa shape index (κ1) is 26.3. The summed E-state index contributed by atoms with van der Waals surface area (Å²) in [6.45, 7) is 11.2. The van der Waals surface area contributed by atoms with E-state index in [0.29, 0.717) is 36.2 Å². The van der Waals surface area contributed by atoms with Gasteiger partial charge in [-0.1, -0.05) is 13.2 Å². The molecule has 0 spiro atoms. The van der Waals surface area contributed by atoms with Crippen molar-refractivity contribution in [1.82, 2.24) is 0 Å². The van der Waals surface area contributed by atoms with E-state index >= 15 is 0 Å². The Hall–Kier alpha value is -1.74. The highest BCUT2D eigenvalue weighted by molar-refractivity contribution is 5.87. The quantitative estimate of drug-likeness (QED) is 0.318. The molecular formula is C22H36O8. The van der Waals surface area contributed by atoms with Gasteiger partial charge in [0, 0.05) is 24.4 Å². The molecule has 2 N–H and O–H groups in total. The standard InChI is InChI=1S/C22H36O8/c1-15(2)21(25)29-13-19(23)11-27-9-17-5-7-18(8-6-17)10-28-12-20(24)14-30-22(26)16(3)4/h17-20,23-24H,1,3,5-14H2,2,4H3. The summed E-state index contributed by atoms with van der Waals surface area (Å²) in [4.78, 5) is 22.5. The van der Waals surface area contributed by atoms with Gasteiger partial charge in [0.15, 0.2) is 0 Å². The third-order valence-electron chi connectivity index (χ3n) is 4.80. The van der Waals surface area contributed by atoms with E-state index in [2.05, 4.69) is 13.2 Å². The molecule has 1 fully saturated rings. The normalized spacial score (nSPS) is 20.8. The maximum atomic E-state index is 11.3. The first-order chi connectivity index (χ1) is 14.2. The summed E-state index contributed by atoms with van der Waals surface area (Å²) in [5.41, 5.74) is 0.592. The highest BCUT2D eigenvalue weighted by atomic mass is 16.6. The van der Waals surface area contributed by atoms with Crippen LogP contribution >= 0.6 is 0 Å². The second-order valence-electron chi connectivity index (χ2n) is 8.03. The monoisotopic (exact) mass is 428 g/mol. The van der Waals surface area contributed by atoms with Gasteiger partial charge in [-0.05, 0) is 51.4 Å². The van der Waals surface area contributed by atoms with Crippen molar-refractivity contribution in [3.63, 3.8) is 0 Å². The zero-order valence-electron chi connectivity index (χ0n) is 18.1. The molecule has 30 heavy (non-hydrogen) atoms. The van der Waals surface area contributed by atoms with Gasteiger partial charge >= 0.3 is 11.9 Å². The van der Waals surface area contributed by atoms with Gasteiger partial charge in [-0.2, -0.15) is 0 Å². The minimum absolute atomic E-state index is 0.103. The van der Waals surface area contributed by atoms with Crippen molar-refractivity contribution in [2.45, 2.75) is 51.7 Å². The van der Waals surface area contributed by atoms with E-state index in [0.717, 1.165) is 25.7 Å². The maximum Gasteiger partial charge on any atom is 0.333 e. The molecule has 0 saturated heterocycles. The Labute approximate surface area is 178 Å². The predicted molar refractivity (Wildman–Crippen MR) is 111 cm³/mol. The van der Waals surface area contributed by atoms with Gasteiger partial charge in [0.25, 0.3) is 0 Å². The lowest BCUT2D eigenvalue weighted by Crippen LogP contribution is -2.28. The van der Waals surface area contributed by atoms with Crippen molar-refractivity contribution in [3.05, 3.63) is 24.3 Å². The lowest BCUT2D eigenvalue weighted by Gasteiger charge is -2.28. The number of carbonyl (C=O) groups excluding carboxylic acids is 2. The van der Waals surface area contributed by atoms with E-state index in [1.807, 2.05) is 0 Å². The smallest absolute Gasteiger partial charge is 0.333 e. The van der Waals surface area contributed by atoms with Gasteiger partial charge in [0.05, 0.1) is 13.2 Å². The number of aliphatic hydroxyl groups is 2. The van der Waals surface area contributed by atoms with E-state index in [9.17, 15) is 19.8 Å². The van der Waals surface area contributed by atoms with Gasteiger partial charge in [-0.25, -0.2) is 9.59 Å². The Morgan fingerprint density at radius 3 is 1.40 bits per heavy atom. The summed E-state index contributed by atoms with van der Waals surface area (Å²) >= 11 is 0. The molecule has 8 nitrogen and oxygen atoms in total. The number of hydrogen-bond donors (Lipinski definition) is 2. The van der Waals surface area contributed by atoms with E-state index in [-0.39, 0.29) is 26.4 Å². The van der Waals surface area contributed by atoms with Crippen molar-refractivity contribution in [1.29, 1.82) is 0 Å². The van der Waals surface area contributed by atoms with Crippen molar-refractivity contribution < 1.29 is 38.7 Å². The molecule has 2 unspecified atom stereocenters. The zero-order valence-corrected chi connectivity index (χ0v) is 18.1. The topological polar surface area (TPSA) is 112 Å². The van der Waals surface area contributed by atoms with Gasteiger partial charge < -0.3 is 29.2 Å². The van der Waals surface area contributed by atoms with E-state index in [1.54, 1.807) is 13.8 Å². The molecule has 1 aliphatic carbocycles. The minimum Gasteiger partial charge on any atom is -0.460 e. The summed E-state index contributed by atoms with van der Waals surface area (Å²) in [7, 11) is 0. The van der Waals surface area contributed by atoms with Gasteiger partial charge in [-0.3, -0.25) is 0 Å². The fourth-order valence-electron chi connectivity index (χ4n) is 2.99. The largest absolute Gasteiger partial charge is 0.460 e. The number of ether oxygens (including phenoxy) is 4. The van der Waals surface area contributed by atoms with Crippen molar-refractivity contribution in [2.24, 2.45) is 11.8 Å². The van der Waals surface area contributed by atoms with Crippen LogP contribution in [0.4, 0.5) is 0 Å². The molecule has 172 valence electrons. The van der Waals surface area contributed by atoms with Gasteiger partial charge in [-0.15, -0.1) is 0 Å². The van der Waals surface area contributed by atoms with Crippen LogP contribution in [0.25, 0.3) is 0 Å². The fourth-order valence-corrected chi connectivity index (χ4v) is 2.99. The SMILES string of the molecule is C=C(C)C(=O)OCC(O)COCC1CCC(COCC(O)COC(=O)C(=C)C)CC1. The van der Waals surface area contributed by atoms with E-state index in [1.165, 1.54) is 0 Å². The minimum atomic E-state index is -0.848. The summed E-state index contributed by atoms with van der Waals surface area (Å²) < 4.78 is 20.9. The number of esters is 2. The Kier molecular flexibility index (Phi) is 12.5. The molecule has 0 aromatic rings. The Bertz CT molecular complexity index is 515. The first-order valence-electron chi connectivity index (χ1n) is 10.4. The van der Waals surface area contributed by atoms with Crippen molar-refractivity contribution >= 4 is 11.9 Å². The Balaban J connectivity index is 2.06. The molecule has 0 aromatic heterocycles. The van der Waals surface area contributed by atoms with Crippen LogP contribution in [0.15, 0.2) is 24.3 Å². The van der Waals surface area contributed by atoms with Crippen LogP contribution < -0.4 is 0 Å². The summed E-state index contributed by atoms with van der Waals surface area (Å²) in [6, 6.07) is 0. The highest BCUT2D eigenvalue weighted by Gasteiger charge is 2.22. The first-order valence-corrected chi connectivity index (χ1v) is 10.4. The summed E-state index contributed by atoms with van der Waals surface area (Å²) in [5, 5.41) is 19.6. The van der Waals surface area contributed by atoms with Crippen LogP contribution in [-0.2, 0) is 28.5 Å². The molecule has 8 heteroatoms. The second-order valence-corrected chi connectivity index (χ2v) is 8.03. The van der Waals surface area contributed by atoms with Gasteiger partial charge in [0.1, 0.15) is 25.4 Å². The van der Waals surface area contributed by atoms with E-state index in [4.69, 9.17) is 18.9 Å². The Morgan fingerprint density at radius 1 is 0.767 bits per heavy atom. The second kappa shape index (κ2) is 14.3. The number of hydrogen-bond acceptors (Lipinski definition) is 8. The van der Waals surface area contributed by atoms with Crippen LogP contribution in [0, 0.1) is 11.8 Å². The average Bonchev–Trinajstić information content (AvgIpc) is 2.71. The lowest BCUT2D eigenvalue weighted by atomic mass is 9.83. The third-order valence-corrected chi connectivity index (χ3v) is 4.80. The maximum absolute atomic E-state index is 11.3. The highest BCUT2D eigenvalue weighted by Crippen LogP contribution is 2.29. The molecule has 1 aliphatic rings. The fraction of sp³-hybridized carbons (Fsp3) is 0.727. The van der Waals surface area contributed by atoms with Crippen LogP contribution in [0.3, 0.4) is 0 Å². The molecule has 0 aliphatic heterocycles. The predicted octanol–water partition coefficient (Wildman–Crippen LogP) is 1.79. The molecule has 2 atom stereocenters. The number of carbonyl (C=O) groups is 2. The van der Waals surface area contributed by atoms with Crippen LogP contribution in [-0.4, -0.2) is 74.0 Å².